The third kappa shape index (κ3) is 3.90. The van der Waals surface area contributed by atoms with Crippen LogP contribution in [0.1, 0.15) is 30.9 Å². The molecule has 1 aliphatic heterocycles. The maximum Gasteiger partial charge on any atom is 0.267 e. The van der Waals surface area contributed by atoms with E-state index in [0.29, 0.717) is 36.2 Å². The maximum absolute atomic E-state index is 13.9. The fourth-order valence-electron chi connectivity index (χ4n) is 2.87. The highest BCUT2D eigenvalue weighted by Crippen LogP contribution is 2.27. The van der Waals surface area contributed by atoms with E-state index in [1.54, 1.807) is 43.3 Å². The Kier molecular flexibility index (Phi) is 5.30. The molecule has 2 aromatic carbocycles. The average molecular weight is 358 g/mol. The molecule has 2 aromatic rings. The topological polar surface area (TPSA) is 50.7 Å². The Morgan fingerprint density at radius 2 is 1.85 bits per heavy atom. The number of nitrogens with one attached hydrogen (secondary N) is 1. The molecule has 1 N–H and O–H groups in total. The molecule has 0 spiro atoms. The number of carbonyl (C=O) groups is 1. The first-order valence-corrected chi connectivity index (χ1v) is 8.51. The summed E-state index contributed by atoms with van der Waals surface area (Å²) in [6, 6.07) is 12.8. The van der Waals surface area contributed by atoms with Gasteiger partial charge in [-0.1, -0.05) is 41.6 Å². The van der Waals surface area contributed by atoms with Crippen molar-refractivity contribution in [1.29, 1.82) is 0 Å². The Morgan fingerprint density at radius 3 is 2.58 bits per heavy atom. The number of carbonyl (C=O) groups excluding carboxylic acids is 1. The molecule has 1 aliphatic rings. The molecule has 1 amide bonds. The van der Waals surface area contributed by atoms with Crippen molar-refractivity contribution in [3.63, 3.8) is 0 Å². The molecule has 6 heteroatoms. The van der Waals surface area contributed by atoms with Crippen LogP contribution in [0.2, 0.25) is 0 Å². The van der Waals surface area contributed by atoms with Crippen LogP contribution in [0.15, 0.2) is 53.7 Å². The minimum atomic E-state index is -1.17. The Balaban J connectivity index is 1.51. The van der Waals surface area contributed by atoms with Crippen LogP contribution >= 0.6 is 0 Å². The smallest absolute Gasteiger partial charge is 0.267 e. The molecule has 0 bridgehead atoms. The lowest BCUT2D eigenvalue weighted by Crippen LogP contribution is -2.45. The number of rotatable bonds is 6. The number of nitrogens with zero attached hydrogens (tertiary/aromatic N) is 1. The lowest BCUT2D eigenvalue weighted by Gasteiger charge is -2.20. The zero-order valence-corrected chi connectivity index (χ0v) is 14.5. The van der Waals surface area contributed by atoms with E-state index < -0.39 is 11.4 Å². The van der Waals surface area contributed by atoms with Crippen LogP contribution in [0.4, 0.5) is 8.78 Å². The van der Waals surface area contributed by atoms with Gasteiger partial charge in [-0.15, -0.1) is 0 Å². The summed E-state index contributed by atoms with van der Waals surface area (Å²) < 4.78 is 27.4. The first-order chi connectivity index (χ1) is 12.5. The van der Waals surface area contributed by atoms with Gasteiger partial charge in [-0.25, -0.2) is 8.78 Å². The van der Waals surface area contributed by atoms with Gasteiger partial charge in [0.2, 0.25) is 5.60 Å². The van der Waals surface area contributed by atoms with Crippen LogP contribution in [0.5, 0.6) is 0 Å². The summed E-state index contributed by atoms with van der Waals surface area (Å²) in [6.07, 6.45) is 1.32. The summed E-state index contributed by atoms with van der Waals surface area (Å²) in [5.74, 6) is -0.960. The van der Waals surface area contributed by atoms with Gasteiger partial charge in [0, 0.05) is 18.5 Å². The standard InChI is InChI=1S/C20H20F2N2O2/c1-20(13-18(24-26-20)15-9-3-5-11-17(15)22)19(25)23-12-6-8-14-7-2-4-10-16(14)21/h2-5,7,9-11H,6,8,12-13H2,1H3,(H,23,25)/t20-/m1/s1. The highest BCUT2D eigenvalue weighted by molar-refractivity contribution is 6.05. The highest BCUT2D eigenvalue weighted by Gasteiger charge is 2.42. The first kappa shape index (κ1) is 18.0. The van der Waals surface area contributed by atoms with Crippen molar-refractivity contribution in [2.24, 2.45) is 5.16 Å². The van der Waals surface area contributed by atoms with Gasteiger partial charge >= 0.3 is 0 Å². The zero-order chi connectivity index (χ0) is 18.6. The monoisotopic (exact) mass is 358 g/mol. The van der Waals surface area contributed by atoms with Crippen LogP contribution < -0.4 is 5.32 Å². The van der Waals surface area contributed by atoms with Gasteiger partial charge in [-0.2, -0.15) is 0 Å². The lowest BCUT2D eigenvalue weighted by molar-refractivity contribution is -0.141. The number of oxime groups is 1. The average Bonchev–Trinajstić information content (AvgIpc) is 3.04. The van der Waals surface area contributed by atoms with E-state index in [4.69, 9.17) is 4.84 Å². The normalized spacial score (nSPS) is 19.0. The molecule has 3 rings (SSSR count). The molecule has 0 saturated heterocycles. The molecule has 0 saturated carbocycles. The molecule has 1 heterocycles. The summed E-state index contributed by atoms with van der Waals surface area (Å²) in [7, 11) is 0. The van der Waals surface area contributed by atoms with Crippen molar-refractivity contribution < 1.29 is 18.4 Å². The van der Waals surface area contributed by atoms with Gasteiger partial charge in [-0.3, -0.25) is 4.79 Å². The van der Waals surface area contributed by atoms with Crippen LogP contribution in [-0.2, 0) is 16.1 Å². The molecule has 0 aromatic heterocycles. The predicted molar refractivity (Wildman–Crippen MR) is 94.8 cm³/mol. The van der Waals surface area contributed by atoms with Crippen LogP contribution in [0.25, 0.3) is 0 Å². The highest BCUT2D eigenvalue weighted by atomic mass is 19.1. The summed E-state index contributed by atoms with van der Waals surface area (Å²) in [6.45, 7) is 2.01. The van der Waals surface area contributed by atoms with Gasteiger partial charge in [0.1, 0.15) is 11.6 Å². The number of benzene rings is 2. The predicted octanol–water partition coefficient (Wildman–Crippen LogP) is 3.60. The lowest BCUT2D eigenvalue weighted by atomic mass is 9.95. The molecule has 0 radical (unpaired) electrons. The number of hydrogen-bond donors (Lipinski definition) is 1. The summed E-state index contributed by atoms with van der Waals surface area (Å²) in [5.41, 5.74) is 0.196. The van der Waals surface area contributed by atoms with Crippen molar-refractivity contribution in [1.82, 2.24) is 5.32 Å². The van der Waals surface area contributed by atoms with E-state index in [1.165, 1.54) is 12.1 Å². The van der Waals surface area contributed by atoms with E-state index in [2.05, 4.69) is 10.5 Å². The fourth-order valence-corrected chi connectivity index (χ4v) is 2.87. The molecule has 26 heavy (non-hydrogen) atoms. The quantitative estimate of drug-likeness (QED) is 0.802. The minimum Gasteiger partial charge on any atom is -0.379 e. The third-order valence-electron chi connectivity index (χ3n) is 4.39. The number of hydrogen-bond acceptors (Lipinski definition) is 3. The SMILES string of the molecule is C[C@]1(C(=O)NCCCc2ccccc2F)CC(c2ccccc2F)=NO1. The van der Waals surface area contributed by atoms with E-state index in [9.17, 15) is 13.6 Å². The fraction of sp³-hybridized carbons (Fsp3) is 0.300. The van der Waals surface area contributed by atoms with Crippen molar-refractivity contribution in [2.45, 2.75) is 31.8 Å². The summed E-state index contributed by atoms with van der Waals surface area (Å²) in [5, 5.41) is 6.68. The number of amides is 1. The molecular weight excluding hydrogens is 338 g/mol. The molecule has 0 unspecified atom stereocenters. The van der Waals surface area contributed by atoms with Crippen molar-refractivity contribution in [3.05, 3.63) is 71.3 Å². The van der Waals surface area contributed by atoms with Gasteiger partial charge < -0.3 is 10.2 Å². The Labute approximate surface area is 150 Å². The van der Waals surface area contributed by atoms with Crippen LogP contribution in [-0.4, -0.2) is 23.8 Å². The second-order valence-electron chi connectivity index (χ2n) is 6.47. The van der Waals surface area contributed by atoms with Gasteiger partial charge in [0.25, 0.3) is 5.91 Å². The van der Waals surface area contributed by atoms with E-state index in [1.807, 2.05) is 0 Å². The van der Waals surface area contributed by atoms with Crippen LogP contribution in [0, 0.1) is 11.6 Å². The zero-order valence-electron chi connectivity index (χ0n) is 14.5. The van der Waals surface area contributed by atoms with E-state index in [0.717, 1.165) is 0 Å². The summed E-state index contributed by atoms with van der Waals surface area (Å²) in [4.78, 5) is 17.7. The van der Waals surface area contributed by atoms with Crippen molar-refractivity contribution >= 4 is 11.6 Å². The van der Waals surface area contributed by atoms with Gasteiger partial charge in [-0.05, 0) is 37.5 Å². The van der Waals surface area contributed by atoms with E-state index >= 15 is 0 Å². The Hall–Kier alpha value is -2.76. The molecule has 136 valence electrons. The first-order valence-electron chi connectivity index (χ1n) is 8.51. The van der Waals surface area contributed by atoms with E-state index in [-0.39, 0.29) is 18.1 Å². The minimum absolute atomic E-state index is 0.188. The number of aryl methyl sites for hydroxylation is 1. The van der Waals surface area contributed by atoms with Crippen LogP contribution in [0.3, 0.4) is 0 Å². The summed E-state index contributed by atoms with van der Waals surface area (Å²) >= 11 is 0. The molecule has 1 atom stereocenters. The Morgan fingerprint density at radius 1 is 1.15 bits per heavy atom. The molecule has 4 nitrogen and oxygen atoms in total. The molecule has 0 fully saturated rings. The van der Waals surface area contributed by atoms with Gasteiger partial charge in [0.15, 0.2) is 0 Å². The van der Waals surface area contributed by atoms with Crippen molar-refractivity contribution in [3.8, 4) is 0 Å². The third-order valence-corrected chi connectivity index (χ3v) is 4.39. The second-order valence-corrected chi connectivity index (χ2v) is 6.47. The largest absolute Gasteiger partial charge is 0.379 e. The molecule has 0 aliphatic carbocycles. The number of halogens is 2. The van der Waals surface area contributed by atoms with Gasteiger partial charge in [0.05, 0.1) is 5.71 Å². The molecular formula is C20H20F2N2O2. The Bertz CT molecular complexity index is 838. The maximum atomic E-state index is 13.9. The second kappa shape index (κ2) is 7.64. The van der Waals surface area contributed by atoms with Crippen molar-refractivity contribution in [2.75, 3.05) is 6.54 Å².